The van der Waals surface area contributed by atoms with Crippen molar-refractivity contribution in [1.29, 1.82) is 0 Å². The number of aromatic nitrogens is 1. The fraction of sp³-hybridized carbons (Fsp3) is 0.700. The van der Waals surface area contributed by atoms with E-state index in [0.717, 1.165) is 43.9 Å². The maximum absolute atomic E-state index is 5.63. The third-order valence-corrected chi connectivity index (χ3v) is 5.42. The van der Waals surface area contributed by atoms with Gasteiger partial charge in [-0.2, -0.15) is 0 Å². The van der Waals surface area contributed by atoms with Gasteiger partial charge in [0.25, 0.3) is 0 Å². The lowest BCUT2D eigenvalue weighted by molar-refractivity contribution is 0.0529. The van der Waals surface area contributed by atoms with Crippen molar-refractivity contribution in [2.75, 3.05) is 31.6 Å². The van der Waals surface area contributed by atoms with Crippen LogP contribution in [0.2, 0.25) is 0 Å². The Morgan fingerprint density at radius 3 is 2.85 bits per heavy atom. The molecule has 2 N–H and O–H groups in total. The number of hydrogen-bond donors (Lipinski definition) is 2. The number of aliphatic imine (C=N–C) groups is 1. The van der Waals surface area contributed by atoms with Gasteiger partial charge < -0.3 is 20.3 Å². The van der Waals surface area contributed by atoms with Crippen molar-refractivity contribution < 1.29 is 4.74 Å². The number of hydrogen-bond acceptors (Lipinski definition) is 4. The number of ether oxygens (including phenoxy) is 1. The van der Waals surface area contributed by atoms with Crippen molar-refractivity contribution in [3.05, 3.63) is 23.9 Å². The van der Waals surface area contributed by atoms with Crippen LogP contribution < -0.4 is 15.5 Å². The molecular formula is C20H33N5O. The van der Waals surface area contributed by atoms with E-state index in [4.69, 9.17) is 4.74 Å². The van der Waals surface area contributed by atoms with Gasteiger partial charge in [0.15, 0.2) is 5.96 Å². The molecule has 1 unspecified atom stereocenters. The maximum atomic E-state index is 5.63. The molecule has 2 aliphatic rings. The van der Waals surface area contributed by atoms with Gasteiger partial charge in [0.1, 0.15) is 5.82 Å². The lowest BCUT2D eigenvalue weighted by Crippen LogP contribution is -2.44. The number of anilines is 1. The Balaban J connectivity index is 1.52. The van der Waals surface area contributed by atoms with Crippen LogP contribution in [-0.2, 0) is 11.3 Å². The second-order valence-corrected chi connectivity index (χ2v) is 7.68. The summed E-state index contributed by atoms with van der Waals surface area (Å²) in [5.74, 6) is 2.78. The summed E-state index contributed by atoms with van der Waals surface area (Å²) in [6, 6.07) is 4.77. The van der Waals surface area contributed by atoms with Crippen molar-refractivity contribution >= 4 is 11.8 Å². The average molecular weight is 360 g/mol. The Morgan fingerprint density at radius 1 is 1.31 bits per heavy atom. The normalized spacial score (nSPS) is 27.3. The highest BCUT2D eigenvalue weighted by Gasteiger charge is 2.19. The summed E-state index contributed by atoms with van der Waals surface area (Å²) >= 11 is 0. The van der Waals surface area contributed by atoms with Crippen LogP contribution in [0.25, 0.3) is 0 Å². The van der Waals surface area contributed by atoms with Crippen molar-refractivity contribution in [2.24, 2.45) is 10.9 Å². The number of nitrogens with zero attached hydrogens (tertiary/aromatic N) is 3. The molecule has 3 rings (SSSR count). The molecule has 1 aromatic heterocycles. The molecule has 1 atom stereocenters. The third-order valence-electron chi connectivity index (χ3n) is 5.42. The van der Waals surface area contributed by atoms with Crippen LogP contribution in [0.15, 0.2) is 23.3 Å². The smallest absolute Gasteiger partial charge is 0.191 e. The first-order chi connectivity index (χ1) is 12.6. The Bertz CT molecular complexity index is 598. The molecule has 6 nitrogen and oxygen atoms in total. The van der Waals surface area contributed by atoms with Crippen LogP contribution in [0, 0.1) is 5.92 Å². The zero-order valence-corrected chi connectivity index (χ0v) is 16.4. The summed E-state index contributed by atoms with van der Waals surface area (Å²) in [7, 11) is 1.84. The highest BCUT2D eigenvalue weighted by molar-refractivity contribution is 5.80. The highest BCUT2D eigenvalue weighted by atomic mass is 16.5. The molecule has 1 aromatic rings. The standard InChI is InChI=1S/C20H33N5O/c1-15-4-6-18(7-5-15)24-20(21-3)23-13-17-8-9-22-19(12-17)25-10-11-26-16(2)14-25/h8-9,12,15-16,18H,4-7,10-11,13-14H2,1-3H3,(H2,21,23,24). The quantitative estimate of drug-likeness (QED) is 0.639. The van der Waals surface area contributed by atoms with Crippen LogP contribution >= 0.6 is 0 Å². The molecule has 1 aliphatic heterocycles. The summed E-state index contributed by atoms with van der Waals surface area (Å²) in [6.07, 6.45) is 7.23. The van der Waals surface area contributed by atoms with Crippen molar-refractivity contribution in [3.8, 4) is 0 Å². The second-order valence-electron chi connectivity index (χ2n) is 7.68. The van der Waals surface area contributed by atoms with Crippen LogP contribution in [0.4, 0.5) is 5.82 Å². The zero-order chi connectivity index (χ0) is 18.4. The van der Waals surface area contributed by atoms with E-state index in [0.29, 0.717) is 6.04 Å². The molecular weight excluding hydrogens is 326 g/mol. The fourth-order valence-corrected chi connectivity index (χ4v) is 3.75. The Morgan fingerprint density at radius 2 is 2.12 bits per heavy atom. The summed E-state index contributed by atoms with van der Waals surface area (Å²) in [5, 5.41) is 7.03. The molecule has 1 saturated carbocycles. The number of morpholine rings is 1. The first kappa shape index (κ1) is 19.0. The molecule has 2 heterocycles. The zero-order valence-electron chi connectivity index (χ0n) is 16.4. The molecule has 144 valence electrons. The van der Waals surface area contributed by atoms with E-state index in [1.165, 1.54) is 31.2 Å². The topological polar surface area (TPSA) is 61.8 Å². The predicted octanol–water partition coefficient (Wildman–Crippen LogP) is 2.55. The first-order valence-corrected chi connectivity index (χ1v) is 9.92. The Hall–Kier alpha value is -1.82. The fourth-order valence-electron chi connectivity index (χ4n) is 3.75. The first-order valence-electron chi connectivity index (χ1n) is 9.92. The molecule has 6 heteroatoms. The number of guanidine groups is 1. The maximum Gasteiger partial charge on any atom is 0.191 e. The molecule has 0 spiro atoms. The monoisotopic (exact) mass is 359 g/mol. The van der Waals surface area contributed by atoms with Crippen LogP contribution in [0.1, 0.15) is 45.1 Å². The summed E-state index contributed by atoms with van der Waals surface area (Å²) in [5.41, 5.74) is 1.22. The van der Waals surface area contributed by atoms with E-state index in [1.54, 1.807) is 0 Å². The van der Waals surface area contributed by atoms with Gasteiger partial charge in [-0.15, -0.1) is 0 Å². The van der Waals surface area contributed by atoms with E-state index < -0.39 is 0 Å². The molecule has 0 amide bonds. The minimum atomic E-state index is 0.258. The molecule has 0 aromatic carbocycles. The van der Waals surface area contributed by atoms with Gasteiger partial charge in [0, 0.05) is 38.9 Å². The van der Waals surface area contributed by atoms with Gasteiger partial charge >= 0.3 is 0 Å². The van der Waals surface area contributed by atoms with E-state index in [-0.39, 0.29) is 6.10 Å². The Labute approximate surface area is 157 Å². The molecule has 0 radical (unpaired) electrons. The highest BCUT2D eigenvalue weighted by Crippen LogP contribution is 2.23. The van der Waals surface area contributed by atoms with E-state index >= 15 is 0 Å². The number of pyridine rings is 1. The molecule has 2 fully saturated rings. The minimum Gasteiger partial charge on any atom is -0.375 e. The van der Waals surface area contributed by atoms with Crippen molar-refractivity contribution in [2.45, 2.75) is 58.2 Å². The number of nitrogens with one attached hydrogen (secondary N) is 2. The van der Waals surface area contributed by atoms with E-state index in [9.17, 15) is 0 Å². The molecule has 1 aliphatic carbocycles. The van der Waals surface area contributed by atoms with Crippen LogP contribution in [-0.4, -0.2) is 49.8 Å². The molecule has 0 bridgehead atoms. The van der Waals surface area contributed by atoms with E-state index in [2.05, 4.69) is 51.5 Å². The van der Waals surface area contributed by atoms with Crippen molar-refractivity contribution in [3.63, 3.8) is 0 Å². The third kappa shape index (κ3) is 5.34. The SMILES string of the molecule is CN=C(NCc1ccnc(N2CCOC(C)C2)c1)NC1CCC(C)CC1. The van der Waals surface area contributed by atoms with Crippen molar-refractivity contribution in [1.82, 2.24) is 15.6 Å². The van der Waals surface area contributed by atoms with Gasteiger partial charge in [-0.3, -0.25) is 4.99 Å². The van der Waals surface area contributed by atoms with Gasteiger partial charge in [-0.1, -0.05) is 6.92 Å². The number of rotatable bonds is 4. The molecule has 26 heavy (non-hydrogen) atoms. The largest absolute Gasteiger partial charge is 0.375 e. The second kappa shape index (κ2) is 9.21. The van der Waals surface area contributed by atoms with Gasteiger partial charge in [-0.05, 0) is 56.2 Å². The van der Waals surface area contributed by atoms with E-state index in [1.807, 2.05) is 13.2 Å². The van der Waals surface area contributed by atoms with Crippen LogP contribution in [0.3, 0.4) is 0 Å². The predicted molar refractivity (Wildman–Crippen MR) is 107 cm³/mol. The Kier molecular flexibility index (Phi) is 6.72. The van der Waals surface area contributed by atoms with Crippen LogP contribution in [0.5, 0.6) is 0 Å². The molecule has 1 saturated heterocycles. The lowest BCUT2D eigenvalue weighted by Gasteiger charge is -2.32. The van der Waals surface area contributed by atoms with Gasteiger partial charge in [0.2, 0.25) is 0 Å². The average Bonchev–Trinajstić information content (AvgIpc) is 2.67. The lowest BCUT2D eigenvalue weighted by atomic mass is 9.87. The minimum absolute atomic E-state index is 0.258. The van der Waals surface area contributed by atoms with Gasteiger partial charge in [-0.25, -0.2) is 4.98 Å². The summed E-state index contributed by atoms with van der Waals surface area (Å²) < 4.78 is 5.63. The summed E-state index contributed by atoms with van der Waals surface area (Å²) in [4.78, 5) is 11.2. The van der Waals surface area contributed by atoms with Gasteiger partial charge in [0.05, 0.1) is 12.7 Å². The summed E-state index contributed by atoms with van der Waals surface area (Å²) in [6.45, 7) is 7.77.